The van der Waals surface area contributed by atoms with Crippen molar-refractivity contribution in [1.29, 1.82) is 10.5 Å². The number of nitrogens with zero attached hydrogens (tertiary/aromatic N) is 2. The SMILES string of the molecule is C.CC#N.CC#N.CCC1(CC)CC2=C([Si](C)(C)C)C(=O)C([Si](C)(C)C)=C2C1.C[Si](C)(C)C1=C2CCCCC2=C([Si](C)(C)C)C1=O.O=C=O.O=C=O.[CH-]=O.[CH-]=O.[CH-]=O.[CH-]=O.[CH3-].[CH3-].[Fe+3].[Fe+3]. The van der Waals surface area contributed by atoms with Crippen LogP contribution in [0.4, 0.5) is 0 Å². The van der Waals surface area contributed by atoms with E-state index in [0.29, 0.717) is 17.0 Å². The van der Waals surface area contributed by atoms with Crippen molar-refractivity contribution in [3.8, 4) is 12.1 Å². The van der Waals surface area contributed by atoms with Gasteiger partial charge in [0.05, 0.1) is 44.4 Å². The summed E-state index contributed by atoms with van der Waals surface area (Å²) in [6.45, 7) is 48.5. The normalized spacial score (nSPS) is 14.2. The Bertz CT molecular complexity index is 1530. The molecule has 0 aromatic rings. The molecule has 0 aliphatic heterocycles. The van der Waals surface area contributed by atoms with Gasteiger partial charge in [-0.1, -0.05) is 99.8 Å². The summed E-state index contributed by atoms with van der Waals surface area (Å²) < 4.78 is 0. The number of carbonyl (C=O) groups is 2. The van der Waals surface area contributed by atoms with E-state index in [1.54, 1.807) is 12.1 Å². The molecule has 18 heteroatoms. The van der Waals surface area contributed by atoms with Crippen molar-refractivity contribution in [2.24, 2.45) is 5.41 Å². The summed E-state index contributed by atoms with van der Waals surface area (Å²) in [6, 6.07) is 3.50. The van der Waals surface area contributed by atoms with E-state index in [2.05, 4.69) is 120 Å². The first kappa shape index (κ1) is 87.5. The fourth-order valence-electron chi connectivity index (χ4n) is 7.68. The van der Waals surface area contributed by atoms with Crippen LogP contribution in [0.5, 0.6) is 0 Å². The number of allylic oxidation sites excluding steroid dienone is 8. The van der Waals surface area contributed by atoms with Crippen LogP contribution in [0.15, 0.2) is 43.1 Å². The topological polar surface area (TPSA) is 218 Å². The molecule has 0 N–H and O–H groups in total. The van der Waals surface area contributed by atoms with Crippen LogP contribution in [-0.2, 0) is 82.1 Å². The largest absolute Gasteiger partial charge is 3.00 e. The fraction of sp³-hybridized carbons (Fsp3) is 0.565. The van der Waals surface area contributed by atoms with E-state index in [1.807, 2.05) is 0 Å². The second-order valence-electron chi connectivity index (χ2n) is 17.5. The second-order valence-corrected chi connectivity index (χ2v) is 37.5. The van der Waals surface area contributed by atoms with E-state index in [4.69, 9.17) is 48.9 Å². The van der Waals surface area contributed by atoms with Crippen LogP contribution in [0.3, 0.4) is 0 Å². The number of fused-ring (bicyclic) bond motifs is 2. The van der Waals surface area contributed by atoms with E-state index < -0.39 is 32.3 Å². The molecule has 0 spiro atoms. The Morgan fingerprint density at radius 2 is 0.641 bits per heavy atom. The monoisotopic (exact) mass is 1040 g/mol. The molecule has 4 rings (SSSR count). The zero-order chi connectivity index (χ0) is 48.8. The van der Waals surface area contributed by atoms with Crippen molar-refractivity contribution in [3.05, 3.63) is 57.9 Å². The van der Waals surface area contributed by atoms with Crippen LogP contribution in [0.2, 0.25) is 78.6 Å². The van der Waals surface area contributed by atoms with Gasteiger partial charge in [-0.05, 0) is 99.9 Å². The zero-order valence-corrected chi connectivity index (χ0v) is 47.4. The number of rotatable bonds is 6. The van der Waals surface area contributed by atoms with Gasteiger partial charge in [0.1, 0.15) is 0 Å². The summed E-state index contributed by atoms with van der Waals surface area (Å²) in [6.07, 6.45) is 10.2. The molecule has 2 fully saturated rings. The number of hydrogen-bond donors (Lipinski definition) is 0. The van der Waals surface area contributed by atoms with Crippen LogP contribution in [-0.4, -0.2) is 83.3 Å². The van der Waals surface area contributed by atoms with E-state index >= 15 is 0 Å². The van der Waals surface area contributed by atoms with Crippen molar-refractivity contribution < 1.29 is 82.1 Å². The molecule has 0 heterocycles. The molecule has 2 saturated carbocycles. The van der Waals surface area contributed by atoms with E-state index in [9.17, 15) is 9.59 Å². The average Bonchev–Trinajstić information content (AvgIpc) is 3.76. The van der Waals surface area contributed by atoms with Crippen molar-refractivity contribution in [3.63, 3.8) is 0 Å². The van der Waals surface area contributed by atoms with Crippen LogP contribution >= 0.6 is 0 Å². The van der Waals surface area contributed by atoms with Crippen molar-refractivity contribution in [2.45, 2.75) is 165 Å². The molecule has 0 aromatic heterocycles. The molecular formula is C46H78Fe2N2O10Si4. The minimum Gasteiger partial charge on any atom is -0.545 e. The van der Waals surface area contributed by atoms with Crippen LogP contribution in [0.25, 0.3) is 0 Å². The molecular weight excluding hydrogens is 965 g/mol. The summed E-state index contributed by atoms with van der Waals surface area (Å²) >= 11 is 0. The summed E-state index contributed by atoms with van der Waals surface area (Å²) in [5.74, 6) is 0.916. The molecule has 0 atom stereocenters. The molecule has 0 bridgehead atoms. The maximum atomic E-state index is 13.2. The minimum atomic E-state index is -1.57. The molecule has 0 aromatic carbocycles. The predicted molar refractivity (Wildman–Crippen MR) is 261 cm³/mol. The Kier molecular flexibility index (Phi) is 59.5. The average molecular weight is 1040 g/mol. The maximum absolute atomic E-state index is 13.2. The first-order chi connectivity index (χ1) is 27.3. The third kappa shape index (κ3) is 27.8. The number of hydrogen-bond acceptors (Lipinski definition) is 12. The van der Waals surface area contributed by atoms with Crippen LogP contribution < -0.4 is 0 Å². The van der Waals surface area contributed by atoms with Gasteiger partial charge in [0.2, 0.25) is 0 Å². The molecule has 4 aliphatic carbocycles. The summed E-state index contributed by atoms with van der Waals surface area (Å²) in [5.41, 5.74) is 6.41. The molecule has 64 heavy (non-hydrogen) atoms. The van der Waals surface area contributed by atoms with E-state index in [0.717, 1.165) is 25.7 Å². The Morgan fingerprint density at radius 1 is 0.484 bits per heavy atom. The molecule has 0 saturated heterocycles. The van der Waals surface area contributed by atoms with Gasteiger partial charge in [-0.2, -0.15) is 29.7 Å². The minimum absolute atomic E-state index is 0. The van der Waals surface area contributed by atoms with Gasteiger partial charge in [0, 0.05) is 13.8 Å². The maximum Gasteiger partial charge on any atom is 3.00 e. The molecule has 12 nitrogen and oxygen atoms in total. The Balaban J connectivity index is -0.0000000660. The first-order valence-corrected chi connectivity index (χ1v) is 32.9. The van der Waals surface area contributed by atoms with Gasteiger partial charge in [-0.25, -0.2) is 0 Å². The number of carbonyl (C=O) groups excluding carboxylic acids is 10. The number of nitriles is 2. The molecule has 364 valence electrons. The van der Waals surface area contributed by atoms with Gasteiger partial charge in [-0.15, -0.1) is 0 Å². The number of Topliss-reactive ketones (excluding diaryl/α,β-unsaturated/α-hetero) is 2. The Morgan fingerprint density at radius 3 is 0.781 bits per heavy atom. The van der Waals surface area contributed by atoms with Gasteiger partial charge in [-0.3, -0.25) is 36.7 Å². The molecule has 0 unspecified atom stereocenters. The van der Waals surface area contributed by atoms with Crippen molar-refractivity contribution in [1.82, 2.24) is 0 Å². The zero-order valence-electron chi connectivity index (χ0n) is 41.2. The third-order valence-electron chi connectivity index (χ3n) is 9.55. The molecule has 4 aliphatic rings. The van der Waals surface area contributed by atoms with E-state index in [1.165, 1.54) is 82.6 Å². The third-order valence-corrected chi connectivity index (χ3v) is 17.7. The Hall–Kier alpha value is -3.37. The fourth-order valence-corrected chi connectivity index (χ4v) is 15.8. The predicted octanol–water partition coefficient (Wildman–Crippen LogP) is 10.3. The summed E-state index contributed by atoms with van der Waals surface area (Å²) in [7, 11) is -6.15. The van der Waals surface area contributed by atoms with Gasteiger partial charge in [0.15, 0.2) is 11.6 Å². The first-order valence-electron chi connectivity index (χ1n) is 18.9. The summed E-state index contributed by atoms with van der Waals surface area (Å²) in [5, 5.41) is 19.7. The van der Waals surface area contributed by atoms with Gasteiger partial charge < -0.3 is 34.0 Å². The smallest absolute Gasteiger partial charge is 0.545 e. The summed E-state index contributed by atoms with van der Waals surface area (Å²) in [4.78, 5) is 89.6. The quantitative estimate of drug-likeness (QED) is 0.138. The van der Waals surface area contributed by atoms with Crippen LogP contribution in [0, 0.1) is 42.9 Å². The Labute approximate surface area is 414 Å². The van der Waals surface area contributed by atoms with Crippen molar-refractivity contribution in [2.75, 3.05) is 0 Å². The molecule has 2 radical (unpaired) electrons. The van der Waals surface area contributed by atoms with Gasteiger partial charge >= 0.3 is 46.4 Å². The van der Waals surface area contributed by atoms with Crippen LogP contribution in [0.1, 0.15) is 86.5 Å². The van der Waals surface area contributed by atoms with Gasteiger partial charge in [0.25, 0.3) is 0 Å². The standard InChI is InChI=1S/C18H32OSi2.C15H26OSi2.2C2H3N.2CO2.4CHO.CH4.2CH3.2Fe/c1-9-18(10-2)11-13-14(12-18)17(21(6,7)8)15(19)16(13)20(3,4)5;1-17(2,3)14-11-9-7-8-10-12(11)15(13(14)16)18(4,5)6;2*1-2-3;2*2-1-3;4*1-2;;;;;/h9-12H2,1-8H3;7-10H2,1-6H3;2*1H3;;;4*1H;1H4;2*1H3;;/q;;;;;;4*-1;;2*-1;2*+3. The molecule has 0 amide bonds. The number of ketones is 2. The van der Waals surface area contributed by atoms with E-state index in [-0.39, 0.29) is 68.7 Å². The van der Waals surface area contributed by atoms with Crippen molar-refractivity contribution >= 4 is 83.3 Å². The second kappa shape index (κ2) is 43.5.